The number of thiazole rings is 1. The van der Waals surface area contributed by atoms with E-state index >= 15 is 0 Å². The first-order chi connectivity index (χ1) is 9.76. The largest absolute Gasteiger partial charge is 0.310 e. The van der Waals surface area contributed by atoms with Gasteiger partial charge in [-0.2, -0.15) is 0 Å². The average molecular weight is 353 g/mol. The zero-order valence-corrected chi connectivity index (χ0v) is 13.5. The summed E-state index contributed by atoms with van der Waals surface area (Å²) in [5.41, 5.74) is 1.12. The molecular formula is C15H17BrN2OS. The highest BCUT2D eigenvalue weighted by Crippen LogP contribution is 2.45. The molecule has 0 amide bonds. The number of aromatic nitrogens is 1. The summed E-state index contributed by atoms with van der Waals surface area (Å²) >= 11 is 5.33. The van der Waals surface area contributed by atoms with Crippen molar-refractivity contribution in [3.8, 4) is 0 Å². The predicted octanol–water partition coefficient (Wildman–Crippen LogP) is 3.73. The van der Waals surface area contributed by atoms with Crippen LogP contribution in [0.1, 0.15) is 30.2 Å². The Morgan fingerprint density at radius 3 is 3.10 bits per heavy atom. The Balaban J connectivity index is 1.54. The van der Waals surface area contributed by atoms with Gasteiger partial charge < -0.3 is 10.1 Å². The molecule has 1 N–H and O–H groups in total. The number of hydrogen-bond donors (Lipinski definition) is 1. The van der Waals surface area contributed by atoms with E-state index in [0.29, 0.717) is 12.5 Å². The molecule has 0 atom stereocenters. The van der Waals surface area contributed by atoms with Crippen molar-refractivity contribution in [3.63, 3.8) is 0 Å². The Kier molecular flexibility index (Phi) is 4.48. The van der Waals surface area contributed by atoms with Crippen LogP contribution in [0.3, 0.4) is 0 Å². The Labute approximate surface area is 130 Å². The van der Waals surface area contributed by atoms with Gasteiger partial charge in [0.1, 0.15) is 6.29 Å². The fraction of sp³-hybridized carbons (Fsp3) is 0.467. The van der Waals surface area contributed by atoms with Gasteiger partial charge in [-0.3, -0.25) is 0 Å². The van der Waals surface area contributed by atoms with E-state index in [1.54, 1.807) is 0 Å². The summed E-state index contributed by atoms with van der Waals surface area (Å²) in [7, 11) is 0. The third kappa shape index (κ3) is 3.10. The smallest absolute Gasteiger partial charge is 0.133 e. The second-order valence-electron chi connectivity index (χ2n) is 5.36. The quantitative estimate of drug-likeness (QED) is 0.636. The van der Waals surface area contributed by atoms with Crippen LogP contribution in [0.15, 0.2) is 22.7 Å². The summed E-state index contributed by atoms with van der Waals surface area (Å²) in [6.45, 7) is 1.42. The Morgan fingerprint density at radius 2 is 2.30 bits per heavy atom. The maximum atomic E-state index is 10.2. The molecule has 20 heavy (non-hydrogen) atoms. The molecule has 5 heteroatoms. The van der Waals surface area contributed by atoms with E-state index in [1.165, 1.54) is 29.0 Å². The third-order valence-corrected chi connectivity index (χ3v) is 5.58. The van der Waals surface area contributed by atoms with Crippen molar-refractivity contribution < 1.29 is 4.79 Å². The Morgan fingerprint density at radius 1 is 1.45 bits per heavy atom. The van der Waals surface area contributed by atoms with Gasteiger partial charge in [-0.25, -0.2) is 4.98 Å². The topological polar surface area (TPSA) is 42.0 Å². The molecule has 3 rings (SSSR count). The molecule has 106 valence electrons. The molecule has 0 bridgehead atoms. The van der Waals surface area contributed by atoms with Crippen LogP contribution in [0.5, 0.6) is 0 Å². The predicted molar refractivity (Wildman–Crippen MR) is 86.3 cm³/mol. The Bertz CT molecular complexity index is 607. The standard InChI is InChI=1S/C15H17BrN2OS/c16-12-1-2-13-14(9-12)20-15(18-13)11-7-10(8-11)3-4-17-5-6-19/h1-2,6,9-11,17H,3-5,7-8H2. The van der Waals surface area contributed by atoms with Crippen LogP contribution in [0.25, 0.3) is 10.2 Å². The van der Waals surface area contributed by atoms with Crippen molar-refractivity contribution in [2.24, 2.45) is 5.92 Å². The number of nitrogens with one attached hydrogen (secondary N) is 1. The van der Waals surface area contributed by atoms with E-state index in [9.17, 15) is 4.79 Å². The first kappa shape index (κ1) is 14.2. The van der Waals surface area contributed by atoms with E-state index in [1.807, 2.05) is 17.4 Å². The van der Waals surface area contributed by atoms with Gasteiger partial charge >= 0.3 is 0 Å². The van der Waals surface area contributed by atoms with Crippen molar-refractivity contribution in [1.82, 2.24) is 10.3 Å². The van der Waals surface area contributed by atoms with Crippen LogP contribution in [0.4, 0.5) is 0 Å². The normalized spacial score (nSPS) is 21.9. The number of halogens is 1. The number of benzene rings is 1. The average Bonchev–Trinajstić information content (AvgIpc) is 2.78. The van der Waals surface area contributed by atoms with Crippen LogP contribution in [-0.4, -0.2) is 24.4 Å². The Hall–Kier alpha value is -0.780. The van der Waals surface area contributed by atoms with E-state index < -0.39 is 0 Å². The third-order valence-electron chi connectivity index (χ3n) is 3.91. The molecule has 0 radical (unpaired) electrons. The lowest BCUT2D eigenvalue weighted by molar-refractivity contribution is -0.107. The monoisotopic (exact) mass is 352 g/mol. The molecule has 1 aliphatic carbocycles. The molecule has 0 saturated heterocycles. The molecule has 0 aliphatic heterocycles. The second-order valence-corrected chi connectivity index (χ2v) is 7.34. The second kappa shape index (κ2) is 6.33. The number of hydrogen-bond acceptors (Lipinski definition) is 4. The highest BCUT2D eigenvalue weighted by atomic mass is 79.9. The van der Waals surface area contributed by atoms with Gasteiger partial charge in [-0.05, 0) is 49.9 Å². The fourth-order valence-electron chi connectivity index (χ4n) is 2.73. The number of fused-ring (bicyclic) bond motifs is 1. The summed E-state index contributed by atoms with van der Waals surface area (Å²) in [4.78, 5) is 15.0. The lowest BCUT2D eigenvalue weighted by Gasteiger charge is -2.34. The van der Waals surface area contributed by atoms with Crippen molar-refractivity contribution in [1.29, 1.82) is 0 Å². The number of carbonyl (C=O) groups excluding carboxylic acids is 1. The summed E-state index contributed by atoms with van der Waals surface area (Å²) < 4.78 is 2.39. The van der Waals surface area contributed by atoms with E-state index in [-0.39, 0.29) is 0 Å². The van der Waals surface area contributed by atoms with Crippen LogP contribution in [0, 0.1) is 5.92 Å². The maximum absolute atomic E-state index is 10.2. The van der Waals surface area contributed by atoms with Gasteiger partial charge in [0.25, 0.3) is 0 Å². The minimum absolute atomic E-state index is 0.475. The number of rotatable bonds is 6. The van der Waals surface area contributed by atoms with Crippen LogP contribution in [-0.2, 0) is 4.79 Å². The SMILES string of the molecule is O=CCNCCC1CC(c2nc3ccc(Br)cc3s2)C1. The molecule has 1 aromatic carbocycles. The zero-order chi connectivity index (χ0) is 13.9. The van der Waals surface area contributed by atoms with Crippen LogP contribution in [0.2, 0.25) is 0 Å². The molecule has 1 saturated carbocycles. The maximum Gasteiger partial charge on any atom is 0.133 e. The van der Waals surface area contributed by atoms with Crippen molar-refractivity contribution >= 4 is 43.8 Å². The molecular weight excluding hydrogens is 336 g/mol. The molecule has 1 fully saturated rings. The number of nitrogens with zero attached hydrogens (tertiary/aromatic N) is 1. The first-order valence-electron chi connectivity index (χ1n) is 6.96. The van der Waals surface area contributed by atoms with Gasteiger partial charge in [0.2, 0.25) is 0 Å². The van der Waals surface area contributed by atoms with E-state index in [4.69, 9.17) is 4.98 Å². The fourth-order valence-corrected chi connectivity index (χ4v) is 4.38. The summed E-state index contributed by atoms with van der Waals surface area (Å²) in [6, 6.07) is 6.28. The zero-order valence-electron chi connectivity index (χ0n) is 11.1. The first-order valence-corrected chi connectivity index (χ1v) is 8.57. The summed E-state index contributed by atoms with van der Waals surface area (Å²) in [5, 5.41) is 4.42. The van der Waals surface area contributed by atoms with Crippen molar-refractivity contribution in [2.75, 3.05) is 13.1 Å². The van der Waals surface area contributed by atoms with E-state index in [2.05, 4.69) is 33.4 Å². The van der Waals surface area contributed by atoms with Gasteiger partial charge in [0.15, 0.2) is 0 Å². The molecule has 3 nitrogen and oxygen atoms in total. The molecule has 1 aliphatic rings. The van der Waals surface area contributed by atoms with Crippen LogP contribution < -0.4 is 5.32 Å². The highest BCUT2D eigenvalue weighted by molar-refractivity contribution is 9.10. The lowest BCUT2D eigenvalue weighted by Crippen LogP contribution is -2.27. The molecule has 1 aromatic heterocycles. The molecule has 1 heterocycles. The molecule has 2 aromatic rings. The number of carbonyl (C=O) groups is 1. The molecule has 0 spiro atoms. The highest BCUT2D eigenvalue weighted by Gasteiger charge is 2.31. The minimum Gasteiger partial charge on any atom is -0.310 e. The van der Waals surface area contributed by atoms with Crippen molar-refractivity contribution in [2.45, 2.75) is 25.2 Å². The molecule has 0 unspecified atom stereocenters. The number of aldehydes is 1. The van der Waals surface area contributed by atoms with E-state index in [0.717, 1.165) is 28.7 Å². The van der Waals surface area contributed by atoms with Crippen molar-refractivity contribution in [3.05, 3.63) is 27.7 Å². The minimum atomic E-state index is 0.475. The van der Waals surface area contributed by atoms with Gasteiger partial charge in [-0.1, -0.05) is 15.9 Å². The van der Waals surface area contributed by atoms with Gasteiger partial charge in [-0.15, -0.1) is 11.3 Å². The lowest BCUT2D eigenvalue weighted by atomic mass is 9.73. The summed E-state index contributed by atoms with van der Waals surface area (Å²) in [5.74, 6) is 1.43. The van der Waals surface area contributed by atoms with Crippen LogP contribution >= 0.6 is 27.3 Å². The summed E-state index contributed by atoms with van der Waals surface area (Å²) in [6.07, 6.45) is 4.57. The van der Waals surface area contributed by atoms with Gasteiger partial charge in [0, 0.05) is 10.4 Å². The van der Waals surface area contributed by atoms with Gasteiger partial charge in [0.05, 0.1) is 21.8 Å².